The van der Waals surface area contributed by atoms with E-state index in [0.29, 0.717) is 13.0 Å². The van der Waals surface area contributed by atoms with Gasteiger partial charge in [0.1, 0.15) is 5.82 Å². The van der Waals surface area contributed by atoms with Gasteiger partial charge in [0.25, 0.3) is 0 Å². The highest BCUT2D eigenvalue weighted by Crippen LogP contribution is 2.34. The molecule has 1 fully saturated rings. The molecule has 1 aromatic carbocycles. The van der Waals surface area contributed by atoms with Crippen LogP contribution in [0.2, 0.25) is 0 Å². The summed E-state index contributed by atoms with van der Waals surface area (Å²) in [6, 6.07) is 4.73. The third-order valence-corrected chi connectivity index (χ3v) is 6.05. The van der Waals surface area contributed by atoms with Crippen LogP contribution in [0.15, 0.2) is 30.6 Å². The Kier molecular flexibility index (Phi) is 4.62. The lowest BCUT2D eigenvalue weighted by Crippen LogP contribution is -2.42. The Morgan fingerprint density at radius 2 is 2.24 bits per heavy atom. The molecule has 1 aliphatic heterocycles. The van der Waals surface area contributed by atoms with Gasteiger partial charge in [-0.3, -0.25) is 14.4 Å². The number of fused-ring (bicyclic) bond motifs is 2. The third-order valence-electron chi connectivity index (χ3n) is 6.05. The van der Waals surface area contributed by atoms with E-state index in [9.17, 15) is 9.18 Å². The van der Waals surface area contributed by atoms with Crippen LogP contribution in [0.1, 0.15) is 35.6 Å². The van der Waals surface area contributed by atoms with Crippen molar-refractivity contribution in [2.45, 2.75) is 31.7 Å². The van der Waals surface area contributed by atoms with Gasteiger partial charge in [-0.05, 0) is 48.9 Å². The zero-order valence-electron chi connectivity index (χ0n) is 16.6. The van der Waals surface area contributed by atoms with Crippen LogP contribution in [0.4, 0.5) is 4.39 Å². The Bertz CT molecular complexity index is 1050. The Labute approximate surface area is 169 Å². The van der Waals surface area contributed by atoms with Crippen molar-refractivity contribution < 1.29 is 9.18 Å². The summed E-state index contributed by atoms with van der Waals surface area (Å²) >= 11 is 0. The van der Waals surface area contributed by atoms with Gasteiger partial charge in [0.15, 0.2) is 0 Å². The molecule has 5 rings (SSSR count). The molecular weight excluding hydrogens is 369 g/mol. The van der Waals surface area contributed by atoms with Crippen LogP contribution in [0.3, 0.4) is 0 Å². The third kappa shape index (κ3) is 3.79. The zero-order chi connectivity index (χ0) is 20.0. The number of nitrogens with zero attached hydrogens (tertiary/aromatic N) is 3. The summed E-state index contributed by atoms with van der Waals surface area (Å²) in [6.45, 7) is 3.19. The van der Waals surface area contributed by atoms with Crippen molar-refractivity contribution in [2.75, 3.05) is 19.6 Å². The van der Waals surface area contributed by atoms with Crippen molar-refractivity contribution in [1.82, 2.24) is 25.0 Å². The Hall–Kier alpha value is -2.67. The summed E-state index contributed by atoms with van der Waals surface area (Å²) in [5, 5.41) is 8.54. The molecule has 2 aromatic heterocycles. The fourth-order valence-electron chi connectivity index (χ4n) is 4.43. The fourth-order valence-corrected chi connectivity index (χ4v) is 4.43. The molecule has 0 bridgehead atoms. The van der Waals surface area contributed by atoms with Crippen molar-refractivity contribution in [3.05, 3.63) is 53.2 Å². The highest BCUT2D eigenvalue weighted by atomic mass is 19.1. The van der Waals surface area contributed by atoms with Gasteiger partial charge in [-0.2, -0.15) is 5.10 Å². The van der Waals surface area contributed by atoms with Crippen molar-refractivity contribution in [3.8, 4) is 0 Å². The van der Waals surface area contributed by atoms with E-state index >= 15 is 0 Å². The van der Waals surface area contributed by atoms with Crippen LogP contribution in [0.5, 0.6) is 0 Å². The molecule has 1 saturated carbocycles. The normalized spacial score (nSPS) is 19.4. The lowest BCUT2D eigenvalue weighted by atomic mass is 9.95. The minimum atomic E-state index is -0.247. The van der Waals surface area contributed by atoms with Crippen LogP contribution >= 0.6 is 0 Å². The first-order chi connectivity index (χ1) is 14.1. The van der Waals surface area contributed by atoms with Crippen LogP contribution in [0.25, 0.3) is 10.9 Å². The second kappa shape index (κ2) is 7.30. The van der Waals surface area contributed by atoms with Gasteiger partial charge >= 0.3 is 0 Å². The van der Waals surface area contributed by atoms with E-state index in [1.165, 1.54) is 18.9 Å². The number of halogens is 1. The number of carbonyl (C=O) groups is 1. The topological polar surface area (TPSA) is 66.0 Å². The minimum Gasteiger partial charge on any atom is -0.361 e. The quantitative estimate of drug-likeness (QED) is 0.675. The fraction of sp³-hybridized carbons (Fsp3) is 0.455. The van der Waals surface area contributed by atoms with Crippen LogP contribution in [0, 0.1) is 11.7 Å². The molecule has 1 aliphatic carbocycles. The highest BCUT2D eigenvalue weighted by molar-refractivity contribution is 5.85. The largest absolute Gasteiger partial charge is 0.361 e. The van der Waals surface area contributed by atoms with E-state index in [2.05, 4.69) is 20.3 Å². The van der Waals surface area contributed by atoms with Crippen molar-refractivity contribution in [1.29, 1.82) is 0 Å². The first-order valence-electron chi connectivity index (χ1n) is 10.3. The highest BCUT2D eigenvalue weighted by Gasteiger charge is 2.35. The second-order valence-electron chi connectivity index (χ2n) is 8.45. The molecule has 2 aliphatic rings. The average molecular weight is 395 g/mol. The number of nitrogens with one attached hydrogen (secondary N) is 2. The van der Waals surface area contributed by atoms with Crippen LogP contribution < -0.4 is 5.32 Å². The zero-order valence-corrected chi connectivity index (χ0v) is 16.6. The maximum Gasteiger partial charge on any atom is 0.230 e. The number of benzene rings is 1. The molecule has 0 unspecified atom stereocenters. The summed E-state index contributed by atoms with van der Waals surface area (Å²) in [4.78, 5) is 18.6. The van der Waals surface area contributed by atoms with Crippen LogP contribution in [-0.2, 0) is 24.8 Å². The predicted molar refractivity (Wildman–Crippen MR) is 109 cm³/mol. The Balaban J connectivity index is 1.26. The summed E-state index contributed by atoms with van der Waals surface area (Å²) in [7, 11) is 1.91. The molecule has 2 N–H and O–H groups in total. The number of aryl methyl sites for hydroxylation is 1. The maximum absolute atomic E-state index is 13.6. The van der Waals surface area contributed by atoms with Crippen molar-refractivity contribution in [2.24, 2.45) is 13.0 Å². The van der Waals surface area contributed by atoms with E-state index < -0.39 is 0 Å². The van der Waals surface area contributed by atoms with Gasteiger partial charge in [-0.1, -0.05) is 0 Å². The van der Waals surface area contributed by atoms with Crippen molar-refractivity contribution >= 4 is 16.8 Å². The average Bonchev–Trinajstić information content (AvgIpc) is 3.29. The molecule has 0 radical (unpaired) electrons. The number of amides is 1. The van der Waals surface area contributed by atoms with E-state index in [0.717, 1.165) is 53.3 Å². The van der Waals surface area contributed by atoms with Gasteiger partial charge in [0.05, 0.1) is 11.6 Å². The number of rotatable bonds is 6. The SMILES string of the molecule is Cn1cc2c(n1)[C@@H](C(=O)NCCc1c[nH]c3ccc(F)cc13)CN(CC1CC1)C2. The molecule has 0 spiro atoms. The predicted octanol–water partition coefficient (Wildman–Crippen LogP) is 2.71. The van der Waals surface area contributed by atoms with E-state index in [1.54, 1.807) is 12.1 Å². The summed E-state index contributed by atoms with van der Waals surface area (Å²) in [5.41, 5.74) is 3.99. The van der Waals surface area contributed by atoms with Gasteiger partial charge in [0.2, 0.25) is 5.91 Å². The number of carbonyl (C=O) groups excluding carboxylic acids is 1. The molecule has 1 atom stereocenters. The van der Waals surface area contributed by atoms with E-state index in [1.807, 2.05) is 24.1 Å². The maximum atomic E-state index is 13.6. The summed E-state index contributed by atoms with van der Waals surface area (Å²) < 4.78 is 15.4. The summed E-state index contributed by atoms with van der Waals surface area (Å²) in [5.74, 6) is 0.331. The number of aromatic nitrogens is 3. The van der Waals surface area contributed by atoms with Crippen LogP contribution in [-0.4, -0.2) is 45.2 Å². The van der Waals surface area contributed by atoms with Gasteiger partial charge in [0, 0.05) is 62.1 Å². The molecule has 1 amide bonds. The summed E-state index contributed by atoms with van der Waals surface area (Å²) in [6.07, 6.45) is 7.19. The molecule has 3 heterocycles. The first-order valence-corrected chi connectivity index (χ1v) is 10.3. The lowest BCUT2D eigenvalue weighted by Gasteiger charge is -2.31. The second-order valence-corrected chi connectivity index (χ2v) is 8.45. The molecule has 0 saturated heterocycles. The number of hydrogen-bond acceptors (Lipinski definition) is 3. The molecule has 7 heteroatoms. The molecule has 152 valence electrons. The van der Waals surface area contributed by atoms with Gasteiger partial charge in [-0.15, -0.1) is 0 Å². The van der Waals surface area contributed by atoms with Gasteiger partial charge < -0.3 is 10.3 Å². The standard InChI is InChI=1S/C22H26FN5O/c1-27-11-16-12-28(10-14-2-3-14)13-19(21(16)26-27)22(29)24-7-6-15-9-25-20-5-4-17(23)8-18(15)20/h4-5,8-9,11,14,19,25H,2-3,6-7,10,12-13H2,1H3,(H,24,29)/t19-/m0/s1. The first kappa shape index (κ1) is 18.4. The van der Waals surface area contributed by atoms with E-state index in [4.69, 9.17) is 0 Å². The molecular formula is C22H26FN5O. The Morgan fingerprint density at radius 1 is 1.38 bits per heavy atom. The lowest BCUT2D eigenvalue weighted by molar-refractivity contribution is -0.123. The minimum absolute atomic E-state index is 0.0245. The monoisotopic (exact) mass is 395 g/mol. The molecule has 29 heavy (non-hydrogen) atoms. The number of aromatic amines is 1. The van der Waals surface area contributed by atoms with Gasteiger partial charge in [-0.25, -0.2) is 4.39 Å². The van der Waals surface area contributed by atoms with E-state index in [-0.39, 0.29) is 17.6 Å². The number of H-pyrrole nitrogens is 1. The van der Waals surface area contributed by atoms with Crippen molar-refractivity contribution in [3.63, 3.8) is 0 Å². The molecule has 6 nitrogen and oxygen atoms in total. The number of hydrogen-bond donors (Lipinski definition) is 2. The smallest absolute Gasteiger partial charge is 0.230 e. The Morgan fingerprint density at radius 3 is 3.07 bits per heavy atom. The molecule has 3 aromatic rings.